The molecule has 0 aromatic heterocycles. The van der Waals surface area contributed by atoms with Crippen LogP contribution in [0.15, 0.2) is 40.8 Å². The molecule has 1 aromatic carbocycles. The molecule has 0 spiro atoms. The van der Waals surface area contributed by atoms with Gasteiger partial charge in [-0.3, -0.25) is 0 Å². The summed E-state index contributed by atoms with van der Waals surface area (Å²) in [6.45, 7) is 11.4. The van der Waals surface area contributed by atoms with Crippen molar-refractivity contribution in [3.63, 3.8) is 0 Å². The van der Waals surface area contributed by atoms with Crippen molar-refractivity contribution >= 4 is 17.9 Å². The normalized spacial score (nSPS) is 12.3. The van der Waals surface area contributed by atoms with E-state index in [1.165, 1.54) is 11.8 Å². The molecule has 0 aliphatic heterocycles. The Labute approximate surface area is 166 Å². The molecule has 1 rings (SSSR count). The second-order valence-electron chi connectivity index (χ2n) is 8.07. The second-order valence-corrected chi connectivity index (χ2v) is 9.93. The van der Waals surface area contributed by atoms with Gasteiger partial charge in [0, 0.05) is 9.65 Å². The summed E-state index contributed by atoms with van der Waals surface area (Å²) >= 11 is 1.41. The fourth-order valence-electron chi connectivity index (χ4n) is 2.27. The van der Waals surface area contributed by atoms with E-state index in [9.17, 15) is 15.3 Å². The molecule has 1 atom stereocenters. The molecule has 0 radical (unpaired) electrons. The molecule has 27 heavy (non-hydrogen) atoms. The minimum absolute atomic E-state index is 0.00640. The van der Waals surface area contributed by atoms with Crippen molar-refractivity contribution < 1.29 is 9.53 Å². The average molecular weight is 386 g/mol. The summed E-state index contributed by atoms with van der Waals surface area (Å²) < 4.78 is 5.15. The highest BCUT2D eigenvalue weighted by Crippen LogP contribution is 2.36. The van der Waals surface area contributed by atoms with Crippen LogP contribution in [0.1, 0.15) is 47.1 Å². The van der Waals surface area contributed by atoms with Crippen LogP contribution in [0.3, 0.4) is 0 Å². The summed E-state index contributed by atoms with van der Waals surface area (Å²) in [6, 6.07) is 13.0. The van der Waals surface area contributed by atoms with Gasteiger partial charge in [-0.05, 0) is 32.8 Å². The molecule has 144 valence electrons. The van der Waals surface area contributed by atoms with E-state index >= 15 is 0 Å². The van der Waals surface area contributed by atoms with E-state index in [2.05, 4.69) is 5.32 Å². The number of carbonyl (C=O) groups is 1. The number of benzene rings is 1. The smallest absolute Gasteiger partial charge is 0.408 e. The number of allylic oxidation sites excluding steroid dienone is 1. The van der Waals surface area contributed by atoms with E-state index in [4.69, 9.17) is 4.74 Å². The van der Waals surface area contributed by atoms with Gasteiger partial charge in [0.05, 0.1) is 6.04 Å². The first-order valence-corrected chi connectivity index (χ1v) is 9.53. The molecule has 5 nitrogen and oxygen atoms in total. The molecule has 0 fully saturated rings. The van der Waals surface area contributed by atoms with Gasteiger partial charge >= 0.3 is 6.09 Å². The van der Waals surface area contributed by atoms with Crippen molar-refractivity contribution in [2.45, 2.75) is 64.4 Å². The summed E-state index contributed by atoms with van der Waals surface area (Å²) in [5, 5.41) is 21.7. The SMILES string of the molecule is CC(C)(C)OC(=O)N[C@@H](Cc1ccccc1)C(SC(C)(C)C)=C(C#N)C#N. The molecule has 0 aliphatic rings. The standard InChI is InChI=1S/C21H27N3O2S/c1-20(2,3)26-19(25)24-17(12-15-10-8-7-9-11-15)18(16(13-22)14-23)27-21(4,5)6/h7-11,17H,12H2,1-6H3,(H,24,25)/t17-/m0/s1. The maximum absolute atomic E-state index is 12.4. The Morgan fingerprint density at radius 3 is 2.11 bits per heavy atom. The lowest BCUT2D eigenvalue weighted by atomic mass is 10.0. The number of thioether (sulfide) groups is 1. The summed E-state index contributed by atoms with van der Waals surface area (Å²) in [5.41, 5.74) is 0.350. The van der Waals surface area contributed by atoms with Gasteiger partial charge < -0.3 is 10.1 Å². The number of amides is 1. The number of hydrogen-bond donors (Lipinski definition) is 1. The van der Waals surface area contributed by atoms with Gasteiger partial charge in [-0.2, -0.15) is 10.5 Å². The van der Waals surface area contributed by atoms with Crippen LogP contribution in [0.4, 0.5) is 4.79 Å². The van der Waals surface area contributed by atoms with Crippen molar-refractivity contribution in [2.24, 2.45) is 0 Å². The highest BCUT2D eigenvalue weighted by Gasteiger charge is 2.28. The molecule has 0 saturated heterocycles. The van der Waals surface area contributed by atoms with Crippen molar-refractivity contribution in [3.8, 4) is 12.1 Å². The zero-order chi connectivity index (χ0) is 20.7. The Kier molecular flexibility index (Phi) is 7.94. The summed E-state index contributed by atoms with van der Waals surface area (Å²) in [7, 11) is 0. The summed E-state index contributed by atoms with van der Waals surface area (Å²) in [4.78, 5) is 12.9. The quantitative estimate of drug-likeness (QED) is 0.724. The lowest BCUT2D eigenvalue weighted by Crippen LogP contribution is -2.41. The highest BCUT2D eigenvalue weighted by molar-refractivity contribution is 8.04. The summed E-state index contributed by atoms with van der Waals surface area (Å²) in [6.07, 6.45) is -0.128. The van der Waals surface area contributed by atoms with Gasteiger partial charge in [0.1, 0.15) is 23.3 Å². The molecule has 0 saturated carbocycles. The predicted octanol–water partition coefficient (Wildman–Crippen LogP) is 4.96. The van der Waals surface area contributed by atoms with E-state index in [1.54, 1.807) is 20.8 Å². The number of carbonyl (C=O) groups excluding carboxylic acids is 1. The first-order chi connectivity index (χ1) is 12.4. The second kappa shape index (κ2) is 9.48. The van der Waals surface area contributed by atoms with Crippen LogP contribution in [-0.2, 0) is 11.2 Å². The highest BCUT2D eigenvalue weighted by atomic mass is 32.2. The molecule has 0 heterocycles. The third-order valence-corrected chi connectivity index (χ3v) is 4.50. The van der Waals surface area contributed by atoms with Crippen LogP contribution in [0.2, 0.25) is 0 Å². The van der Waals surface area contributed by atoms with Crippen LogP contribution in [-0.4, -0.2) is 22.5 Å². The van der Waals surface area contributed by atoms with Gasteiger partial charge in [-0.25, -0.2) is 4.79 Å². The first kappa shape index (κ1) is 22.6. The Balaban J connectivity index is 3.30. The molecule has 1 aromatic rings. The van der Waals surface area contributed by atoms with Gasteiger partial charge in [-0.15, -0.1) is 11.8 Å². The maximum atomic E-state index is 12.4. The van der Waals surface area contributed by atoms with E-state index in [0.717, 1.165) is 5.56 Å². The van der Waals surface area contributed by atoms with Gasteiger partial charge in [0.15, 0.2) is 0 Å². The number of ether oxygens (including phenoxy) is 1. The van der Waals surface area contributed by atoms with Crippen molar-refractivity contribution in [1.82, 2.24) is 5.32 Å². The van der Waals surface area contributed by atoms with E-state index in [1.807, 2.05) is 63.2 Å². The van der Waals surface area contributed by atoms with Gasteiger partial charge in [-0.1, -0.05) is 51.1 Å². The van der Waals surface area contributed by atoms with Crippen molar-refractivity contribution in [2.75, 3.05) is 0 Å². The Morgan fingerprint density at radius 1 is 1.11 bits per heavy atom. The summed E-state index contributed by atoms with van der Waals surface area (Å²) in [5.74, 6) is 0. The van der Waals surface area contributed by atoms with Gasteiger partial charge in [0.2, 0.25) is 0 Å². The molecular weight excluding hydrogens is 358 g/mol. The number of alkyl carbamates (subject to hydrolysis) is 1. The predicted molar refractivity (Wildman–Crippen MR) is 109 cm³/mol. The maximum Gasteiger partial charge on any atom is 0.408 e. The molecule has 1 amide bonds. The fraction of sp³-hybridized carbons (Fsp3) is 0.476. The Hall–Kier alpha value is -2.44. The molecule has 0 unspecified atom stereocenters. The topological polar surface area (TPSA) is 85.9 Å². The van der Waals surface area contributed by atoms with Gasteiger partial charge in [0.25, 0.3) is 0 Å². The molecular formula is C21H27N3O2S. The minimum Gasteiger partial charge on any atom is -0.444 e. The van der Waals surface area contributed by atoms with Crippen molar-refractivity contribution in [3.05, 3.63) is 46.4 Å². The largest absolute Gasteiger partial charge is 0.444 e. The van der Waals surface area contributed by atoms with Crippen LogP contribution in [0.5, 0.6) is 0 Å². The third-order valence-electron chi connectivity index (χ3n) is 3.18. The van der Waals surface area contributed by atoms with Crippen LogP contribution < -0.4 is 5.32 Å². The van der Waals surface area contributed by atoms with Crippen LogP contribution in [0.25, 0.3) is 0 Å². The number of nitrogens with one attached hydrogen (secondary N) is 1. The van der Waals surface area contributed by atoms with E-state index < -0.39 is 17.7 Å². The molecule has 0 aliphatic carbocycles. The Morgan fingerprint density at radius 2 is 1.67 bits per heavy atom. The van der Waals surface area contributed by atoms with Crippen molar-refractivity contribution in [1.29, 1.82) is 10.5 Å². The van der Waals surface area contributed by atoms with Crippen LogP contribution in [0, 0.1) is 22.7 Å². The van der Waals surface area contributed by atoms with Crippen LogP contribution >= 0.6 is 11.8 Å². The zero-order valence-electron chi connectivity index (χ0n) is 16.8. The van der Waals surface area contributed by atoms with E-state index in [0.29, 0.717) is 11.3 Å². The first-order valence-electron chi connectivity index (χ1n) is 8.72. The monoisotopic (exact) mass is 385 g/mol. The fourth-order valence-corrected chi connectivity index (χ4v) is 3.41. The molecule has 0 bridgehead atoms. The lowest BCUT2D eigenvalue weighted by Gasteiger charge is -2.28. The minimum atomic E-state index is -0.643. The van der Waals surface area contributed by atoms with E-state index in [-0.39, 0.29) is 10.3 Å². The zero-order valence-corrected chi connectivity index (χ0v) is 17.6. The molecule has 6 heteroatoms. The molecule has 1 N–H and O–H groups in total. The average Bonchev–Trinajstić information content (AvgIpc) is 2.52. The number of hydrogen-bond acceptors (Lipinski definition) is 5. The number of nitriles is 2. The third kappa shape index (κ3) is 8.66. The lowest BCUT2D eigenvalue weighted by molar-refractivity contribution is 0.0513. The Bertz CT molecular complexity index is 744. The number of nitrogens with zero attached hydrogens (tertiary/aromatic N) is 2. The number of rotatable bonds is 5.